The molecule has 2 aliphatic heterocycles. The average Bonchev–Trinajstić information content (AvgIpc) is 3.45. The molecule has 2 aliphatic rings. The highest BCUT2D eigenvalue weighted by atomic mass is 19.4. The van der Waals surface area contributed by atoms with Gasteiger partial charge in [-0.1, -0.05) is 42.5 Å². The van der Waals surface area contributed by atoms with Gasteiger partial charge in [-0.3, -0.25) is 4.90 Å². The van der Waals surface area contributed by atoms with Gasteiger partial charge in [0.25, 0.3) is 0 Å². The summed E-state index contributed by atoms with van der Waals surface area (Å²) in [7, 11) is 0. The molecule has 3 aromatic rings. The molecule has 0 radical (unpaired) electrons. The Balaban J connectivity index is 1.23. The van der Waals surface area contributed by atoms with E-state index in [1.54, 1.807) is 29.2 Å². The number of alkyl halides is 3. The Labute approximate surface area is 202 Å². The van der Waals surface area contributed by atoms with Crippen LogP contribution in [0.25, 0.3) is 0 Å². The van der Waals surface area contributed by atoms with E-state index in [0.29, 0.717) is 30.3 Å². The van der Waals surface area contributed by atoms with E-state index in [9.17, 15) is 18.0 Å². The number of carbonyl (C=O) groups excluding carboxylic acids is 1. The Hall–Kier alpha value is -3.52. The van der Waals surface area contributed by atoms with Gasteiger partial charge in [0.1, 0.15) is 11.5 Å². The summed E-state index contributed by atoms with van der Waals surface area (Å²) in [4.78, 5) is 16.9. The van der Waals surface area contributed by atoms with Gasteiger partial charge in [-0.15, -0.1) is 0 Å². The quantitative estimate of drug-likeness (QED) is 0.450. The lowest BCUT2D eigenvalue weighted by atomic mass is 9.99. The maximum Gasteiger partial charge on any atom is 0.416 e. The molecule has 5 nitrogen and oxygen atoms in total. The fraction of sp³-hybridized carbons (Fsp3) is 0.296. The largest absolute Gasteiger partial charge is 0.457 e. The number of hydrogen-bond acceptors (Lipinski definition) is 3. The molecule has 0 aliphatic carbocycles. The number of benzene rings is 3. The van der Waals surface area contributed by atoms with Gasteiger partial charge in [-0.2, -0.15) is 13.2 Å². The second-order valence-corrected chi connectivity index (χ2v) is 9.03. The van der Waals surface area contributed by atoms with Crippen molar-refractivity contribution in [1.29, 1.82) is 0 Å². The molecule has 8 heteroatoms. The monoisotopic (exact) mass is 481 g/mol. The summed E-state index contributed by atoms with van der Waals surface area (Å²) in [5.74, 6) is 1.31. The number of amides is 2. The van der Waals surface area contributed by atoms with Crippen LogP contribution < -0.4 is 10.1 Å². The third kappa shape index (κ3) is 4.84. The van der Waals surface area contributed by atoms with Crippen LogP contribution in [-0.4, -0.2) is 41.0 Å². The van der Waals surface area contributed by atoms with Crippen molar-refractivity contribution in [2.75, 3.05) is 18.4 Å². The van der Waals surface area contributed by atoms with Gasteiger partial charge in [-0.05, 0) is 49.2 Å². The van der Waals surface area contributed by atoms with Crippen LogP contribution >= 0.6 is 0 Å². The van der Waals surface area contributed by atoms with Crippen molar-refractivity contribution in [2.24, 2.45) is 0 Å². The van der Waals surface area contributed by atoms with Crippen LogP contribution in [0.1, 0.15) is 30.5 Å². The van der Waals surface area contributed by atoms with Crippen LogP contribution in [0.5, 0.6) is 11.5 Å². The molecule has 0 aromatic heterocycles. The number of urea groups is 1. The van der Waals surface area contributed by atoms with Crippen molar-refractivity contribution in [3.63, 3.8) is 0 Å². The van der Waals surface area contributed by atoms with Gasteiger partial charge >= 0.3 is 12.2 Å². The normalized spacial score (nSPS) is 20.6. The Morgan fingerprint density at radius 2 is 1.66 bits per heavy atom. The first kappa shape index (κ1) is 23.2. The molecule has 2 heterocycles. The predicted molar refractivity (Wildman–Crippen MR) is 127 cm³/mol. The SMILES string of the molecule is CC(c1ccccc1C(F)(F)F)N1CC2CC1CN2C(=O)Nc1cccc(Oc2ccccc2)c1. The molecular weight excluding hydrogens is 455 g/mol. The van der Waals surface area contributed by atoms with E-state index in [2.05, 4.69) is 10.2 Å². The smallest absolute Gasteiger partial charge is 0.416 e. The number of nitrogens with one attached hydrogen (secondary N) is 1. The zero-order chi connectivity index (χ0) is 24.6. The Kier molecular flexibility index (Phi) is 6.15. The molecule has 0 saturated carbocycles. The molecule has 0 spiro atoms. The van der Waals surface area contributed by atoms with E-state index in [0.717, 1.165) is 12.5 Å². The minimum Gasteiger partial charge on any atom is -0.457 e. The van der Waals surface area contributed by atoms with Crippen molar-refractivity contribution < 1.29 is 22.7 Å². The first-order valence-electron chi connectivity index (χ1n) is 11.6. The van der Waals surface area contributed by atoms with E-state index in [-0.39, 0.29) is 29.7 Å². The van der Waals surface area contributed by atoms with Crippen molar-refractivity contribution in [1.82, 2.24) is 9.80 Å². The summed E-state index contributed by atoms with van der Waals surface area (Å²) in [5, 5.41) is 2.94. The number of fused-ring (bicyclic) bond motifs is 2. The summed E-state index contributed by atoms with van der Waals surface area (Å²) in [6.45, 7) is 2.84. The van der Waals surface area contributed by atoms with E-state index in [1.807, 2.05) is 49.4 Å². The van der Waals surface area contributed by atoms with Crippen molar-refractivity contribution in [2.45, 2.75) is 37.6 Å². The third-order valence-corrected chi connectivity index (χ3v) is 6.82. The number of rotatable bonds is 5. The third-order valence-electron chi connectivity index (χ3n) is 6.82. The fourth-order valence-corrected chi connectivity index (χ4v) is 5.18. The number of para-hydroxylation sites is 1. The highest BCUT2D eigenvalue weighted by Gasteiger charge is 2.48. The van der Waals surface area contributed by atoms with E-state index < -0.39 is 11.7 Å². The number of carbonyl (C=O) groups is 1. The molecule has 3 aromatic carbocycles. The molecule has 2 amide bonds. The lowest BCUT2D eigenvalue weighted by molar-refractivity contribution is -0.138. The van der Waals surface area contributed by atoms with E-state index in [1.165, 1.54) is 6.07 Å². The molecule has 2 bridgehead atoms. The van der Waals surface area contributed by atoms with Crippen LogP contribution in [0, 0.1) is 0 Å². The molecule has 2 saturated heterocycles. The average molecular weight is 482 g/mol. The molecule has 35 heavy (non-hydrogen) atoms. The minimum absolute atomic E-state index is 0.0230. The van der Waals surface area contributed by atoms with Crippen molar-refractivity contribution in [3.05, 3.63) is 90.0 Å². The Bertz CT molecular complexity index is 1200. The summed E-state index contributed by atoms with van der Waals surface area (Å²) in [6.07, 6.45) is -3.64. The number of nitrogens with zero attached hydrogens (tertiary/aromatic N) is 2. The van der Waals surface area contributed by atoms with Gasteiger partial charge in [0.05, 0.1) is 5.56 Å². The van der Waals surface area contributed by atoms with Gasteiger partial charge in [0, 0.05) is 43.0 Å². The standard InChI is InChI=1S/C27H26F3N3O2/c1-18(24-12-5-6-13-25(24)27(28,29)30)32-16-21-15-20(32)17-33(21)26(34)31-19-8-7-11-23(14-19)35-22-9-3-2-4-10-22/h2-14,18,20-21H,15-17H2,1H3,(H,31,34). The minimum atomic E-state index is -4.39. The van der Waals surface area contributed by atoms with Crippen molar-refractivity contribution in [3.8, 4) is 11.5 Å². The highest BCUT2D eigenvalue weighted by molar-refractivity contribution is 5.90. The molecular formula is C27H26F3N3O2. The first-order valence-corrected chi connectivity index (χ1v) is 11.6. The second kappa shape index (κ2) is 9.26. The Morgan fingerprint density at radius 3 is 2.37 bits per heavy atom. The molecule has 182 valence electrons. The number of likely N-dealkylation sites (tertiary alicyclic amines) is 2. The van der Waals surface area contributed by atoms with Crippen LogP contribution in [0.2, 0.25) is 0 Å². The number of hydrogen-bond donors (Lipinski definition) is 1. The molecule has 2 fully saturated rings. The lowest BCUT2D eigenvalue weighted by Crippen LogP contribution is -2.50. The number of halogens is 3. The molecule has 5 rings (SSSR count). The van der Waals surface area contributed by atoms with Crippen LogP contribution in [0.4, 0.5) is 23.7 Å². The second-order valence-electron chi connectivity index (χ2n) is 9.03. The topological polar surface area (TPSA) is 44.8 Å². The van der Waals surface area contributed by atoms with Crippen LogP contribution in [0.3, 0.4) is 0 Å². The maximum absolute atomic E-state index is 13.5. The fourth-order valence-electron chi connectivity index (χ4n) is 5.18. The van der Waals surface area contributed by atoms with Gasteiger partial charge in [0.15, 0.2) is 0 Å². The summed E-state index contributed by atoms with van der Waals surface area (Å²) < 4.78 is 46.4. The molecule has 3 atom stereocenters. The zero-order valence-electron chi connectivity index (χ0n) is 19.2. The summed E-state index contributed by atoms with van der Waals surface area (Å²) in [6, 6.07) is 21.7. The molecule has 1 N–H and O–H groups in total. The highest BCUT2D eigenvalue weighted by Crippen LogP contribution is 2.41. The number of anilines is 1. The Morgan fingerprint density at radius 1 is 0.943 bits per heavy atom. The number of ether oxygens (including phenoxy) is 1. The predicted octanol–water partition coefficient (Wildman–Crippen LogP) is 6.55. The summed E-state index contributed by atoms with van der Waals surface area (Å²) >= 11 is 0. The first-order chi connectivity index (χ1) is 16.8. The van der Waals surface area contributed by atoms with Gasteiger partial charge in [0.2, 0.25) is 0 Å². The lowest BCUT2D eigenvalue weighted by Gasteiger charge is -2.38. The van der Waals surface area contributed by atoms with Gasteiger partial charge in [-0.25, -0.2) is 4.79 Å². The van der Waals surface area contributed by atoms with E-state index >= 15 is 0 Å². The summed E-state index contributed by atoms with van der Waals surface area (Å²) in [5.41, 5.74) is 0.303. The van der Waals surface area contributed by atoms with Crippen LogP contribution in [0.15, 0.2) is 78.9 Å². The van der Waals surface area contributed by atoms with Crippen LogP contribution in [-0.2, 0) is 6.18 Å². The zero-order valence-corrected chi connectivity index (χ0v) is 19.2. The van der Waals surface area contributed by atoms with Crippen molar-refractivity contribution >= 4 is 11.7 Å². The molecule has 3 unspecified atom stereocenters. The van der Waals surface area contributed by atoms with E-state index in [4.69, 9.17) is 4.74 Å². The van der Waals surface area contributed by atoms with Gasteiger partial charge < -0.3 is 15.0 Å². The maximum atomic E-state index is 13.5. The number of piperazine rings is 1.